The van der Waals surface area contributed by atoms with Crippen LogP contribution in [-0.4, -0.2) is 29.4 Å². The Morgan fingerprint density at radius 1 is 1.13 bits per heavy atom. The molecule has 4 nitrogen and oxygen atoms in total. The average Bonchev–Trinajstić information content (AvgIpc) is 2.74. The molecule has 3 heterocycles. The van der Waals surface area contributed by atoms with E-state index in [2.05, 4.69) is 20.0 Å². The van der Waals surface area contributed by atoms with Crippen molar-refractivity contribution >= 4 is 5.69 Å². The molecule has 15 heavy (non-hydrogen) atoms. The molecule has 0 aliphatic carbocycles. The van der Waals surface area contributed by atoms with Crippen LogP contribution < -0.4 is 10.2 Å². The fourth-order valence-corrected chi connectivity index (χ4v) is 2.57. The summed E-state index contributed by atoms with van der Waals surface area (Å²) in [7, 11) is 0. The Morgan fingerprint density at radius 2 is 2.00 bits per heavy atom. The summed E-state index contributed by atoms with van der Waals surface area (Å²) in [5.74, 6) is 0. The number of hydrogen-bond acceptors (Lipinski definition) is 3. The highest BCUT2D eigenvalue weighted by molar-refractivity contribution is 5.50. The Kier molecular flexibility index (Phi) is 2.37. The van der Waals surface area contributed by atoms with Gasteiger partial charge < -0.3 is 10.2 Å². The predicted octanol–water partition coefficient (Wildman–Crippen LogP) is 0.977. The Bertz CT molecular complexity index is 338. The number of piperidine rings is 1. The van der Waals surface area contributed by atoms with E-state index in [4.69, 9.17) is 0 Å². The van der Waals surface area contributed by atoms with E-state index < -0.39 is 0 Å². The molecule has 4 heteroatoms. The summed E-state index contributed by atoms with van der Waals surface area (Å²) < 4.78 is 2.15. The van der Waals surface area contributed by atoms with E-state index in [-0.39, 0.29) is 0 Å². The second-order valence-electron chi connectivity index (χ2n) is 4.42. The van der Waals surface area contributed by atoms with Gasteiger partial charge in [-0.1, -0.05) is 0 Å². The number of nitrogens with zero attached hydrogens (tertiary/aromatic N) is 3. The summed E-state index contributed by atoms with van der Waals surface area (Å²) in [5, 5.41) is 7.89. The van der Waals surface area contributed by atoms with Crippen LogP contribution in [0.4, 0.5) is 5.69 Å². The normalized spacial score (nSPS) is 21.5. The van der Waals surface area contributed by atoms with Crippen LogP contribution in [0, 0.1) is 0 Å². The molecule has 0 saturated carbocycles. The van der Waals surface area contributed by atoms with E-state index in [1.54, 1.807) is 0 Å². The topological polar surface area (TPSA) is 33.1 Å². The zero-order chi connectivity index (χ0) is 10.1. The lowest BCUT2D eigenvalue weighted by molar-refractivity contribution is 0.474. The van der Waals surface area contributed by atoms with Gasteiger partial charge >= 0.3 is 0 Å². The molecular weight excluding hydrogens is 188 g/mol. The van der Waals surface area contributed by atoms with Gasteiger partial charge in [0, 0.05) is 26.2 Å². The third-order valence-electron chi connectivity index (χ3n) is 3.42. The van der Waals surface area contributed by atoms with E-state index in [1.165, 1.54) is 43.7 Å². The summed E-state index contributed by atoms with van der Waals surface area (Å²) >= 11 is 0. The standard InChI is InChI=1S/C11H18N4/c1-2-5-14(6-3-1)10-9-13-15-7-4-12-8-11(10)15/h9,12H,1-8H2. The van der Waals surface area contributed by atoms with Crippen molar-refractivity contribution in [2.45, 2.75) is 32.4 Å². The van der Waals surface area contributed by atoms with Crippen molar-refractivity contribution in [3.8, 4) is 0 Å². The quantitative estimate of drug-likeness (QED) is 0.743. The fraction of sp³-hybridized carbons (Fsp3) is 0.727. The summed E-state index contributed by atoms with van der Waals surface area (Å²) in [4.78, 5) is 2.50. The van der Waals surface area contributed by atoms with Crippen LogP contribution in [0.5, 0.6) is 0 Å². The molecule has 1 aromatic heterocycles. The van der Waals surface area contributed by atoms with E-state index in [0.717, 1.165) is 19.6 Å². The Balaban J connectivity index is 1.87. The first-order chi connectivity index (χ1) is 7.45. The van der Waals surface area contributed by atoms with Crippen LogP contribution in [0.25, 0.3) is 0 Å². The molecule has 0 bridgehead atoms. The summed E-state index contributed by atoms with van der Waals surface area (Å²) in [5.41, 5.74) is 2.74. The molecule has 0 aromatic carbocycles. The van der Waals surface area contributed by atoms with Crippen LogP contribution in [0.15, 0.2) is 6.20 Å². The number of hydrogen-bond donors (Lipinski definition) is 1. The number of anilines is 1. The van der Waals surface area contributed by atoms with Crippen LogP contribution in [0.3, 0.4) is 0 Å². The second kappa shape index (κ2) is 3.85. The maximum Gasteiger partial charge on any atom is 0.0798 e. The fourth-order valence-electron chi connectivity index (χ4n) is 2.57. The highest BCUT2D eigenvalue weighted by Gasteiger charge is 2.20. The highest BCUT2D eigenvalue weighted by Crippen LogP contribution is 2.24. The molecule has 0 unspecified atom stereocenters. The number of nitrogens with one attached hydrogen (secondary N) is 1. The first-order valence-corrected chi connectivity index (χ1v) is 5.95. The van der Waals surface area contributed by atoms with Gasteiger partial charge in [0.25, 0.3) is 0 Å². The molecule has 1 fully saturated rings. The number of rotatable bonds is 1. The molecule has 0 spiro atoms. The first kappa shape index (κ1) is 9.21. The number of aromatic nitrogens is 2. The maximum atomic E-state index is 4.47. The third-order valence-corrected chi connectivity index (χ3v) is 3.42. The number of fused-ring (bicyclic) bond motifs is 1. The van der Waals surface area contributed by atoms with Crippen molar-refractivity contribution < 1.29 is 0 Å². The van der Waals surface area contributed by atoms with Gasteiger partial charge in [-0.15, -0.1) is 0 Å². The van der Waals surface area contributed by atoms with Gasteiger partial charge in [-0.2, -0.15) is 5.10 Å². The minimum absolute atomic E-state index is 0.978. The minimum atomic E-state index is 0.978. The molecule has 1 aromatic rings. The monoisotopic (exact) mass is 206 g/mol. The highest BCUT2D eigenvalue weighted by atomic mass is 15.3. The Hall–Kier alpha value is -1.03. The van der Waals surface area contributed by atoms with E-state index in [1.807, 2.05) is 6.20 Å². The third kappa shape index (κ3) is 1.63. The molecule has 3 rings (SSSR count). The van der Waals surface area contributed by atoms with Crippen molar-refractivity contribution in [1.29, 1.82) is 0 Å². The zero-order valence-corrected chi connectivity index (χ0v) is 9.08. The van der Waals surface area contributed by atoms with E-state index in [0.29, 0.717) is 0 Å². The molecule has 0 radical (unpaired) electrons. The van der Waals surface area contributed by atoms with E-state index >= 15 is 0 Å². The van der Waals surface area contributed by atoms with Gasteiger partial charge in [-0.05, 0) is 19.3 Å². The molecule has 1 saturated heterocycles. The lowest BCUT2D eigenvalue weighted by Crippen LogP contribution is -2.33. The average molecular weight is 206 g/mol. The molecule has 0 atom stereocenters. The van der Waals surface area contributed by atoms with Crippen LogP contribution in [0.2, 0.25) is 0 Å². The van der Waals surface area contributed by atoms with Crippen molar-refractivity contribution in [2.75, 3.05) is 24.5 Å². The lowest BCUT2D eigenvalue weighted by atomic mass is 10.1. The Morgan fingerprint density at radius 3 is 2.87 bits per heavy atom. The van der Waals surface area contributed by atoms with Crippen molar-refractivity contribution in [3.63, 3.8) is 0 Å². The Labute approximate surface area is 90.3 Å². The molecule has 0 amide bonds. The molecule has 1 N–H and O–H groups in total. The van der Waals surface area contributed by atoms with Gasteiger partial charge in [0.05, 0.1) is 24.1 Å². The van der Waals surface area contributed by atoms with Crippen LogP contribution in [-0.2, 0) is 13.1 Å². The molecule has 82 valence electrons. The lowest BCUT2D eigenvalue weighted by Gasteiger charge is -2.29. The second-order valence-corrected chi connectivity index (χ2v) is 4.42. The minimum Gasteiger partial charge on any atom is -0.369 e. The van der Waals surface area contributed by atoms with Gasteiger partial charge in [0.2, 0.25) is 0 Å². The van der Waals surface area contributed by atoms with E-state index in [9.17, 15) is 0 Å². The molecule has 2 aliphatic rings. The largest absolute Gasteiger partial charge is 0.369 e. The summed E-state index contributed by atoms with van der Waals surface area (Å²) in [6.45, 7) is 5.46. The smallest absolute Gasteiger partial charge is 0.0798 e. The van der Waals surface area contributed by atoms with Crippen molar-refractivity contribution in [3.05, 3.63) is 11.9 Å². The van der Waals surface area contributed by atoms with Crippen molar-refractivity contribution in [2.24, 2.45) is 0 Å². The van der Waals surface area contributed by atoms with Gasteiger partial charge in [0.15, 0.2) is 0 Å². The zero-order valence-electron chi connectivity index (χ0n) is 9.08. The first-order valence-electron chi connectivity index (χ1n) is 5.95. The molecule has 2 aliphatic heterocycles. The van der Waals surface area contributed by atoms with Crippen molar-refractivity contribution in [1.82, 2.24) is 15.1 Å². The summed E-state index contributed by atoms with van der Waals surface area (Å²) in [6, 6.07) is 0. The van der Waals surface area contributed by atoms with Gasteiger partial charge in [-0.25, -0.2) is 0 Å². The maximum absolute atomic E-state index is 4.47. The predicted molar refractivity (Wildman–Crippen MR) is 60.0 cm³/mol. The van der Waals surface area contributed by atoms with Gasteiger partial charge in [0.1, 0.15) is 0 Å². The van der Waals surface area contributed by atoms with Crippen LogP contribution >= 0.6 is 0 Å². The van der Waals surface area contributed by atoms with Crippen LogP contribution in [0.1, 0.15) is 25.0 Å². The molecular formula is C11H18N4. The van der Waals surface area contributed by atoms with Gasteiger partial charge in [-0.3, -0.25) is 4.68 Å². The SMILES string of the molecule is c1nn2c(c1N1CCCCC1)CNCC2. The summed E-state index contributed by atoms with van der Waals surface area (Å²) in [6.07, 6.45) is 6.10.